The summed E-state index contributed by atoms with van der Waals surface area (Å²) in [5, 5.41) is 9.62. The lowest BCUT2D eigenvalue weighted by atomic mass is 10.1. The minimum Gasteiger partial charge on any atom is -0.477 e. The molecule has 0 fully saturated rings. The van der Waals surface area contributed by atoms with Crippen molar-refractivity contribution in [1.82, 2.24) is 0 Å². The first kappa shape index (κ1) is 53.5. The number of ether oxygens (including phenoxy) is 3. The van der Waals surface area contributed by atoms with Gasteiger partial charge >= 0.3 is 17.9 Å². The first-order valence-electron chi connectivity index (χ1n) is 22.1. The number of carbonyl (C=O) groups is 3. The number of carboxylic acids is 1. The van der Waals surface area contributed by atoms with Crippen LogP contribution < -0.4 is 0 Å². The van der Waals surface area contributed by atoms with Crippen LogP contribution in [0.2, 0.25) is 0 Å². The number of unbranched alkanes of at least 4 members (excludes halogenated alkanes) is 10. The SMILES string of the molecule is CC/C=C/C/C=C/C/C=C/C/C=C/CCCCCC(=O)OC(COCCC(C(=O)O)[N+](C)(C)C)COC(=O)CCC/C=C/C/C=C/C/C=C/CCCCCCCC. The number of hydrogen-bond acceptors (Lipinski definition) is 6. The van der Waals surface area contributed by atoms with Crippen molar-refractivity contribution in [2.24, 2.45) is 0 Å². The molecule has 8 heteroatoms. The number of carboxylic acid groups (broad SMARTS) is 1. The molecule has 0 bridgehead atoms. The topological polar surface area (TPSA) is 99.1 Å². The fourth-order valence-corrected chi connectivity index (χ4v) is 5.86. The highest BCUT2D eigenvalue weighted by Gasteiger charge is 2.31. The van der Waals surface area contributed by atoms with Crippen molar-refractivity contribution in [3.8, 4) is 0 Å². The van der Waals surface area contributed by atoms with Crippen LogP contribution in [0.4, 0.5) is 0 Å². The molecule has 8 nitrogen and oxygen atoms in total. The van der Waals surface area contributed by atoms with Crippen molar-refractivity contribution < 1.29 is 38.2 Å². The molecule has 0 aromatic heterocycles. The molecule has 0 aliphatic carbocycles. The van der Waals surface area contributed by atoms with Crippen molar-refractivity contribution in [2.45, 2.75) is 167 Å². The Balaban J connectivity index is 4.50. The highest BCUT2D eigenvalue weighted by Crippen LogP contribution is 2.12. The van der Waals surface area contributed by atoms with E-state index >= 15 is 0 Å². The van der Waals surface area contributed by atoms with Crippen molar-refractivity contribution in [2.75, 3.05) is 41.0 Å². The monoisotopic (exact) mass is 797 g/mol. The molecule has 2 unspecified atom stereocenters. The Morgan fingerprint density at radius 2 is 1.00 bits per heavy atom. The van der Waals surface area contributed by atoms with Crippen molar-refractivity contribution >= 4 is 17.9 Å². The second-order valence-corrected chi connectivity index (χ2v) is 15.6. The second kappa shape index (κ2) is 39.3. The molecule has 0 saturated carbocycles. The molecule has 2 atom stereocenters. The highest BCUT2D eigenvalue weighted by atomic mass is 16.6. The molecular formula is C49H82NO7+. The van der Waals surface area contributed by atoms with Gasteiger partial charge in [-0.1, -0.05) is 137 Å². The Kier molecular flexibility index (Phi) is 36.9. The Morgan fingerprint density at radius 3 is 1.51 bits per heavy atom. The zero-order valence-electron chi connectivity index (χ0n) is 36.8. The van der Waals surface area contributed by atoms with Crippen LogP contribution in [0, 0.1) is 0 Å². The van der Waals surface area contributed by atoms with Gasteiger partial charge in [0.25, 0.3) is 0 Å². The summed E-state index contributed by atoms with van der Waals surface area (Å²) in [5.74, 6) is -1.59. The van der Waals surface area contributed by atoms with E-state index in [0.717, 1.165) is 64.2 Å². The Bertz CT molecular complexity index is 1200. The van der Waals surface area contributed by atoms with Crippen molar-refractivity contribution in [3.05, 3.63) is 85.1 Å². The normalized spacial score (nSPS) is 13.8. The van der Waals surface area contributed by atoms with E-state index in [9.17, 15) is 19.5 Å². The average Bonchev–Trinajstić information content (AvgIpc) is 3.17. The molecule has 324 valence electrons. The molecule has 0 radical (unpaired) electrons. The number of nitrogens with zero attached hydrogens (tertiary/aromatic N) is 1. The molecule has 0 heterocycles. The summed E-state index contributed by atoms with van der Waals surface area (Å²) in [4.78, 5) is 37.0. The zero-order chi connectivity index (χ0) is 42.1. The van der Waals surface area contributed by atoms with Crippen LogP contribution >= 0.6 is 0 Å². The van der Waals surface area contributed by atoms with Gasteiger partial charge < -0.3 is 23.8 Å². The molecule has 0 saturated heterocycles. The van der Waals surface area contributed by atoms with Crippen LogP contribution in [-0.4, -0.2) is 80.6 Å². The van der Waals surface area contributed by atoms with Crippen LogP contribution in [0.1, 0.15) is 155 Å². The number of aliphatic carboxylic acids is 1. The molecule has 0 aromatic carbocycles. The Labute approximate surface area is 348 Å². The summed E-state index contributed by atoms with van der Waals surface area (Å²) in [6, 6.07) is -0.632. The molecule has 0 amide bonds. The van der Waals surface area contributed by atoms with E-state index in [1.54, 1.807) is 0 Å². The molecule has 0 aromatic rings. The summed E-state index contributed by atoms with van der Waals surface area (Å²) in [5.41, 5.74) is 0. The number of carbonyl (C=O) groups excluding carboxylic acids is 2. The van der Waals surface area contributed by atoms with Gasteiger partial charge in [0.2, 0.25) is 0 Å². The van der Waals surface area contributed by atoms with Gasteiger partial charge in [0.05, 0.1) is 34.4 Å². The van der Waals surface area contributed by atoms with Gasteiger partial charge in [0.1, 0.15) is 6.61 Å². The van der Waals surface area contributed by atoms with Gasteiger partial charge in [-0.3, -0.25) is 9.59 Å². The van der Waals surface area contributed by atoms with E-state index in [4.69, 9.17) is 14.2 Å². The van der Waals surface area contributed by atoms with Gasteiger partial charge in [-0.05, 0) is 83.5 Å². The van der Waals surface area contributed by atoms with Crippen LogP contribution in [-0.2, 0) is 28.6 Å². The number of hydrogen-bond donors (Lipinski definition) is 1. The predicted molar refractivity (Wildman–Crippen MR) is 238 cm³/mol. The van der Waals surface area contributed by atoms with E-state index < -0.39 is 18.1 Å². The summed E-state index contributed by atoms with van der Waals surface area (Å²) >= 11 is 0. The maximum absolute atomic E-state index is 12.7. The predicted octanol–water partition coefficient (Wildman–Crippen LogP) is 12.1. The standard InChI is InChI=1S/C49H81NO7/c1-6-8-10-12-14-16-18-20-22-24-26-27-29-31-33-35-37-39-47(51)56-44-45(43-55-42-41-46(49(53)54)50(3,4)5)57-48(52)40-38-36-34-32-30-28-25-23-21-19-17-15-13-11-9-7-2/h9,11,15,17,20-23,26-28,30-31,33,45-46H,6-8,10,12-14,16,18-19,24-25,29,32,34-44H2,1-5H3/p+1/b11-9+,17-15+,22-20+,23-21+,27-26+,30-28+,33-31+. The van der Waals surface area contributed by atoms with E-state index in [1.165, 1.54) is 44.9 Å². The van der Waals surface area contributed by atoms with Crippen LogP contribution in [0.15, 0.2) is 85.1 Å². The number of likely N-dealkylation sites (N-methyl/N-ethyl adjacent to an activating group) is 1. The first-order chi connectivity index (χ1) is 27.6. The van der Waals surface area contributed by atoms with E-state index in [0.29, 0.717) is 19.3 Å². The van der Waals surface area contributed by atoms with Gasteiger partial charge in [0.15, 0.2) is 12.1 Å². The summed E-state index contributed by atoms with van der Waals surface area (Å²) < 4.78 is 17.2. The molecule has 0 rings (SSSR count). The number of esters is 2. The largest absolute Gasteiger partial charge is 0.477 e. The lowest BCUT2D eigenvalue weighted by molar-refractivity contribution is -0.887. The lowest BCUT2D eigenvalue weighted by Gasteiger charge is -2.31. The van der Waals surface area contributed by atoms with Crippen molar-refractivity contribution in [1.29, 1.82) is 0 Å². The highest BCUT2D eigenvalue weighted by molar-refractivity contribution is 5.72. The Morgan fingerprint density at radius 1 is 0.544 bits per heavy atom. The van der Waals surface area contributed by atoms with E-state index in [2.05, 4.69) is 98.9 Å². The molecule has 0 spiro atoms. The van der Waals surface area contributed by atoms with Crippen LogP contribution in [0.5, 0.6) is 0 Å². The average molecular weight is 797 g/mol. The number of allylic oxidation sites excluding steroid dienone is 14. The summed E-state index contributed by atoms with van der Waals surface area (Å²) in [6.45, 7) is 4.51. The lowest BCUT2D eigenvalue weighted by Crippen LogP contribution is -2.50. The number of quaternary nitrogens is 1. The molecule has 57 heavy (non-hydrogen) atoms. The van der Waals surface area contributed by atoms with E-state index in [-0.39, 0.29) is 49.1 Å². The minimum atomic E-state index is -0.891. The van der Waals surface area contributed by atoms with Crippen LogP contribution in [0.25, 0.3) is 0 Å². The maximum Gasteiger partial charge on any atom is 0.362 e. The quantitative estimate of drug-likeness (QED) is 0.0287. The van der Waals surface area contributed by atoms with E-state index in [1.807, 2.05) is 21.1 Å². The fraction of sp³-hybridized carbons (Fsp3) is 0.653. The van der Waals surface area contributed by atoms with Crippen molar-refractivity contribution in [3.63, 3.8) is 0 Å². The number of rotatable bonds is 38. The van der Waals surface area contributed by atoms with Crippen LogP contribution in [0.3, 0.4) is 0 Å². The molecule has 0 aliphatic rings. The van der Waals surface area contributed by atoms with Gasteiger partial charge in [-0.25, -0.2) is 4.79 Å². The van der Waals surface area contributed by atoms with Gasteiger partial charge in [-0.2, -0.15) is 0 Å². The molecule has 0 aliphatic heterocycles. The fourth-order valence-electron chi connectivity index (χ4n) is 5.86. The maximum atomic E-state index is 12.7. The van der Waals surface area contributed by atoms with Gasteiger partial charge in [0, 0.05) is 19.3 Å². The minimum absolute atomic E-state index is 0.0273. The van der Waals surface area contributed by atoms with Gasteiger partial charge in [-0.15, -0.1) is 0 Å². The second-order valence-electron chi connectivity index (χ2n) is 15.6. The Hall–Kier alpha value is -3.49. The summed E-state index contributed by atoms with van der Waals surface area (Å²) in [6.07, 6.45) is 50.6. The smallest absolute Gasteiger partial charge is 0.362 e. The molecular weight excluding hydrogens is 715 g/mol. The first-order valence-corrected chi connectivity index (χ1v) is 22.1. The summed E-state index contributed by atoms with van der Waals surface area (Å²) in [7, 11) is 5.49. The third kappa shape index (κ3) is 37.8. The zero-order valence-corrected chi connectivity index (χ0v) is 36.8. The third-order valence-corrected chi connectivity index (χ3v) is 9.28. The molecule has 1 N–H and O–H groups in total. The third-order valence-electron chi connectivity index (χ3n) is 9.28.